The van der Waals surface area contributed by atoms with Gasteiger partial charge in [-0.2, -0.15) is 0 Å². The van der Waals surface area contributed by atoms with Crippen molar-refractivity contribution < 1.29 is 14.3 Å². The van der Waals surface area contributed by atoms with Gasteiger partial charge < -0.3 is 4.74 Å². The maximum Gasteiger partial charge on any atom is 0.186 e. The molecule has 0 atom stereocenters. The van der Waals surface area contributed by atoms with Crippen molar-refractivity contribution in [1.82, 2.24) is 0 Å². The third-order valence-electron chi connectivity index (χ3n) is 3.17. The lowest BCUT2D eigenvalue weighted by molar-refractivity contribution is 0.0993. The van der Waals surface area contributed by atoms with Gasteiger partial charge in [0.2, 0.25) is 0 Å². The summed E-state index contributed by atoms with van der Waals surface area (Å²) >= 11 is 0. The first kappa shape index (κ1) is 13.5. The number of ketones is 2. The molecule has 19 heavy (non-hydrogen) atoms. The number of benzene rings is 1. The monoisotopic (exact) mass is 258 g/mol. The largest absolute Gasteiger partial charge is 0.494 e. The van der Waals surface area contributed by atoms with Crippen LogP contribution in [0.15, 0.2) is 30.4 Å². The van der Waals surface area contributed by atoms with Gasteiger partial charge in [-0.1, -0.05) is 26.2 Å². The maximum absolute atomic E-state index is 11.7. The molecule has 0 fully saturated rings. The van der Waals surface area contributed by atoms with Gasteiger partial charge in [0.1, 0.15) is 5.75 Å². The Hall–Kier alpha value is -1.90. The van der Waals surface area contributed by atoms with E-state index >= 15 is 0 Å². The summed E-state index contributed by atoms with van der Waals surface area (Å²) in [6.07, 6.45) is 7.21. The van der Waals surface area contributed by atoms with Crippen LogP contribution >= 0.6 is 0 Å². The summed E-state index contributed by atoms with van der Waals surface area (Å²) in [5.41, 5.74) is 0.907. The number of unbranched alkanes of at least 4 members (excludes halogenated alkanes) is 3. The zero-order chi connectivity index (χ0) is 13.7. The second kappa shape index (κ2) is 6.32. The molecule has 0 bridgehead atoms. The highest BCUT2D eigenvalue weighted by atomic mass is 16.5. The Bertz CT molecular complexity index is 515. The molecule has 0 aromatic heterocycles. The molecule has 0 heterocycles. The van der Waals surface area contributed by atoms with Gasteiger partial charge in [0, 0.05) is 11.1 Å². The number of carbonyl (C=O) groups excluding carboxylic acids is 2. The summed E-state index contributed by atoms with van der Waals surface area (Å²) in [4.78, 5) is 23.3. The van der Waals surface area contributed by atoms with Crippen molar-refractivity contribution in [3.63, 3.8) is 0 Å². The Kier molecular flexibility index (Phi) is 4.50. The molecule has 0 saturated heterocycles. The minimum Gasteiger partial charge on any atom is -0.494 e. The van der Waals surface area contributed by atoms with E-state index in [1.807, 2.05) is 0 Å². The van der Waals surface area contributed by atoms with Crippen LogP contribution in [0.3, 0.4) is 0 Å². The third kappa shape index (κ3) is 3.31. The topological polar surface area (TPSA) is 43.4 Å². The summed E-state index contributed by atoms with van der Waals surface area (Å²) in [5, 5.41) is 0. The summed E-state index contributed by atoms with van der Waals surface area (Å²) in [6, 6.07) is 5.09. The van der Waals surface area contributed by atoms with E-state index in [9.17, 15) is 9.59 Å². The molecular formula is C16H18O3. The van der Waals surface area contributed by atoms with Crippen LogP contribution < -0.4 is 4.74 Å². The van der Waals surface area contributed by atoms with Crippen LogP contribution in [-0.4, -0.2) is 18.2 Å². The van der Waals surface area contributed by atoms with Crippen LogP contribution in [0.2, 0.25) is 0 Å². The highest BCUT2D eigenvalue weighted by Gasteiger charge is 2.19. The van der Waals surface area contributed by atoms with E-state index in [0.29, 0.717) is 23.5 Å². The van der Waals surface area contributed by atoms with Crippen LogP contribution in [0.1, 0.15) is 53.3 Å². The maximum atomic E-state index is 11.7. The molecule has 0 saturated carbocycles. The Morgan fingerprint density at radius 3 is 2.42 bits per heavy atom. The number of ether oxygens (including phenoxy) is 1. The van der Waals surface area contributed by atoms with E-state index in [1.165, 1.54) is 25.0 Å². The van der Waals surface area contributed by atoms with Gasteiger partial charge >= 0.3 is 0 Å². The summed E-state index contributed by atoms with van der Waals surface area (Å²) in [7, 11) is 0. The number of rotatable bonds is 6. The molecule has 1 aromatic rings. The summed E-state index contributed by atoms with van der Waals surface area (Å²) in [6.45, 7) is 2.82. The number of carbonyl (C=O) groups is 2. The van der Waals surface area contributed by atoms with Crippen molar-refractivity contribution in [2.24, 2.45) is 0 Å². The van der Waals surface area contributed by atoms with Gasteiger partial charge in [0.15, 0.2) is 11.6 Å². The van der Waals surface area contributed by atoms with Crippen LogP contribution in [0.5, 0.6) is 5.75 Å². The molecule has 0 spiro atoms. The van der Waals surface area contributed by atoms with Crippen LogP contribution in [0.25, 0.3) is 0 Å². The first-order valence-electron chi connectivity index (χ1n) is 6.76. The second-order valence-corrected chi connectivity index (χ2v) is 4.68. The fourth-order valence-corrected chi connectivity index (χ4v) is 2.08. The van der Waals surface area contributed by atoms with Gasteiger partial charge in [0.25, 0.3) is 0 Å². The first-order valence-corrected chi connectivity index (χ1v) is 6.76. The normalized spacial score (nSPS) is 13.5. The molecule has 0 amide bonds. The molecule has 3 heteroatoms. The molecule has 0 radical (unpaired) electrons. The lowest BCUT2D eigenvalue weighted by atomic mass is 9.95. The average Bonchev–Trinajstić information content (AvgIpc) is 2.43. The van der Waals surface area contributed by atoms with Gasteiger partial charge in [-0.05, 0) is 36.8 Å². The molecule has 0 aliphatic heterocycles. The third-order valence-corrected chi connectivity index (χ3v) is 3.17. The molecule has 1 aliphatic carbocycles. The highest BCUT2D eigenvalue weighted by molar-refractivity contribution is 6.22. The zero-order valence-corrected chi connectivity index (χ0v) is 11.1. The Labute approximate surface area is 113 Å². The average molecular weight is 258 g/mol. The molecular weight excluding hydrogens is 240 g/mol. The Morgan fingerprint density at radius 2 is 1.68 bits per heavy atom. The van der Waals surface area contributed by atoms with Crippen molar-refractivity contribution in [3.05, 3.63) is 41.5 Å². The quantitative estimate of drug-likeness (QED) is 0.732. The van der Waals surface area contributed by atoms with Crippen molar-refractivity contribution >= 4 is 11.6 Å². The molecule has 1 aromatic carbocycles. The highest BCUT2D eigenvalue weighted by Crippen LogP contribution is 2.22. The number of fused-ring (bicyclic) bond motifs is 1. The summed E-state index contributed by atoms with van der Waals surface area (Å²) in [5.74, 6) is 0.404. The number of hydrogen-bond donors (Lipinski definition) is 0. The minimum atomic E-state index is -0.133. The van der Waals surface area contributed by atoms with Crippen molar-refractivity contribution in [2.45, 2.75) is 32.6 Å². The zero-order valence-electron chi connectivity index (χ0n) is 11.1. The smallest absolute Gasteiger partial charge is 0.186 e. The molecule has 2 rings (SSSR count). The van der Waals surface area contributed by atoms with Crippen LogP contribution in [0, 0.1) is 0 Å². The lowest BCUT2D eigenvalue weighted by Gasteiger charge is -2.11. The Morgan fingerprint density at radius 1 is 0.947 bits per heavy atom. The SMILES string of the molecule is CCCCCCOc1ccc2c(c1)C(=O)C=CC2=O. The summed E-state index contributed by atoms with van der Waals surface area (Å²) < 4.78 is 5.61. The van der Waals surface area contributed by atoms with E-state index in [-0.39, 0.29) is 11.6 Å². The van der Waals surface area contributed by atoms with Crippen molar-refractivity contribution in [1.29, 1.82) is 0 Å². The lowest BCUT2D eigenvalue weighted by Crippen LogP contribution is -2.11. The van der Waals surface area contributed by atoms with Gasteiger partial charge in [0.05, 0.1) is 6.61 Å². The van der Waals surface area contributed by atoms with Gasteiger partial charge in [-0.15, -0.1) is 0 Å². The fraction of sp³-hybridized carbons (Fsp3) is 0.375. The molecule has 1 aliphatic rings. The van der Waals surface area contributed by atoms with Gasteiger partial charge in [-0.25, -0.2) is 0 Å². The number of hydrogen-bond acceptors (Lipinski definition) is 3. The van der Waals surface area contributed by atoms with E-state index in [1.54, 1.807) is 18.2 Å². The minimum absolute atomic E-state index is 0.121. The predicted molar refractivity (Wildman–Crippen MR) is 73.9 cm³/mol. The van der Waals surface area contributed by atoms with Crippen LogP contribution in [-0.2, 0) is 0 Å². The van der Waals surface area contributed by atoms with E-state index in [0.717, 1.165) is 12.8 Å². The van der Waals surface area contributed by atoms with Gasteiger partial charge in [-0.3, -0.25) is 9.59 Å². The van der Waals surface area contributed by atoms with E-state index < -0.39 is 0 Å². The number of allylic oxidation sites excluding steroid dienone is 2. The fourth-order valence-electron chi connectivity index (χ4n) is 2.08. The van der Waals surface area contributed by atoms with Crippen LogP contribution in [0.4, 0.5) is 0 Å². The van der Waals surface area contributed by atoms with Crippen molar-refractivity contribution in [2.75, 3.05) is 6.61 Å². The Balaban J connectivity index is 2.00. The van der Waals surface area contributed by atoms with E-state index in [2.05, 4.69) is 6.92 Å². The predicted octanol–water partition coefficient (Wildman–Crippen LogP) is 3.58. The molecule has 100 valence electrons. The molecule has 3 nitrogen and oxygen atoms in total. The van der Waals surface area contributed by atoms with E-state index in [4.69, 9.17) is 4.74 Å². The molecule has 0 N–H and O–H groups in total. The standard InChI is InChI=1S/C16H18O3/c1-2-3-4-5-10-19-12-6-7-13-14(11-12)16(18)9-8-15(13)17/h6-9,11H,2-5,10H2,1H3. The second-order valence-electron chi connectivity index (χ2n) is 4.68. The first-order chi connectivity index (χ1) is 9.22. The molecule has 0 unspecified atom stereocenters. The van der Waals surface area contributed by atoms with Crippen molar-refractivity contribution in [3.8, 4) is 5.75 Å².